The first-order valence-electron chi connectivity index (χ1n) is 9.53. The van der Waals surface area contributed by atoms with Crippen molar-refractivity contribution in [3.8, 4) is 28.4 Å². The number of nitrogens with one attached hydrogen (secondary N) is 1. The van der Waals surface area contributed by atoms with Gasteiger partial charge in [-0.3, -0.25) is 5.43 Å². The molecule has 8 heteroatoms. The summed E-state index contributed by atoms with van der Waals surface area (Å²) in [5, 5.41) is 7.42. The maximum absolute atomic E-state index is 5.51. The van der Waals surface area contributed by atoms with E-state index in [2.05, 4.69) is 57.1 Å². The summed E-state index contributed by atoms with van der Waals surface area (Å²) in [6, 6.07) is 12.1. The quantitative estimate of drug-likeness (QED) is 0.321. The molecule has 2 aromatic heterocycles. The number of nitrogens with zero attached hydrogens (tertiary/aromatic N) is 3. The van der Waals surface area contributed by atoms with Crippen molar-refractivity contribution in [2.75, 3.05) is 26.8 Å². The number of hydrazone groups is 1. The average molecular weight is 435 g/mol. The highest BCUT2D eigenvalue weighted by Gasteiger charge is 2.15. The van der Waals surface area contributed by atoms with Gasteiger partial charge in [-0.25, -0.2) is 9.97 Å². The summed E-state index contributed by atoms with van der Waals surface area (Å²) >= 11 is 1.58. The Bertz CT molecular complexity index is 1240. The van der Waals surface area contributed by atoms with Gasteiger partial charge in [-0.2, -0.15) is 5.10 Å². The van der Waals surface area contributed by atoms with Gasteiger partial charge in [0.05, 0.1) is 32.9 Å². The molecule has 0 aliphatic rings. The number of hydrogen-bond donors (Lipinski definition) is 1. The van der Waals surface area contributed by atoms with Crippen LogP contribution in [0.15, 0.2) is 53.2 Å². The fraction of sp³-hybridized carbons (Fsp3) is 0.174. The van der Waals surface area contributed by atoms with Gasteiger partial charge in [-0.15, -0.1) is 11.3 Å². The average Bonchev–Trinajstić information content (AvgIpc) is 3.24. The molecule has 0 aliphatic carbocycles. The number of aromatic nitrogens is 2. The second-order valence-electron chi connectivity index (χ2n) is 6.71. The second kappa shape index (κ2) is 9.01. The Kier molecular flexibility index (Phi) is 5.99. The highest BCUT2D eigenvalue weighted by atomic mass is 32.1. The van der Waals surface area contributed by atoms with Crippen LogP contribution in [0.25, 0.3) is 21.3 Å². The van der Waals surface area contributed by atoms with E-state index < -0.39 is 0 Å². The zero-order valence-corrected chi connectivity index (χ0v) is 18.5. The van der Waals surface area contributed by atoms with Crippen molar-refractivity contribution in [2.45, 2.75) is 6.92 Å². The molecule has 0 fully saturated rings. The lowest BCUT2D eigenvalue weighted by molar-refractivity contribution is 0.324. The SMILES string of the molecule is COc1ccc(/C=N/Nc2ncnc3scc(-c4ccc(C)cc4)c23)c(OC)c1OC. The molecule has 0 atom stereocenters. The summed E-state index contributed by atoms with van der Waals surface area (Å²) < 4.78 is 16.3. The fourth-order valence-corrected chi connectivity index (χ4v) is 4.21. The Morgan fingerprint density at radius 3 is 2.42 bits per heavy atom. The second-order valence-corrected chi connectivity index (χ2v) is 7.57. The minimum Gasteiger partial charge on any atom is -0.493 e. The summed E-state index contributed by atoms with van der Waals surface area (Å²) in [7, 11) is 4.73. The molecule has 1 N–H and O–H groups in total. The maximum Gasteiger partial charge on any atom is 0.203 e. The number of ether oxygens (including phenoxy) is 3. The molecule has 7 nitrogen and oxygen atoms in total. The van der Waals surface area contributed by atoms with E-state index in [0.29, 0.717) is 23.1 Å². The van der Waals surface area contributed by atoms with Gasteiger partial charge in [0, 0.05) is 16.5 Å². The summed E-state index contributed by atoms with van der Waals surface area (Å²) in [6.45, 7) is 2.07. The first kappa shape index (κ1) is 20.6. The number of fused-ring (bicyclic) bond motifs is 1. The van der Waals surface area contributed by atoms with Crippen molar-refractivity contribution in [2.24, 2.45) is 5.10 Å². The van der Waals surface area contributed by atoms with Crippen LogP contribution in [0, 0.1) is 6.92 Å². The van der Waals surface area contributed by atoms with Crippen molar-refractivity contribution >= 4 is 33.6 Å². The number of thiophene rings is 1. The predicted molar refractivity (Wildman–Crippen MR) is 125 cm³/mol. The third-order valence-electron chi connectivity index (χ3n) is 4.84. The molecule has 2 heterocycles. The number of anilines is 1. The molecule has 4 rings (SSSR count). The smallest absolute Gasteiger partial charge is 0.203 e. The van der Waals surface area contributed by atoms with Crippen LogP contribution >= 0.6 is 11.3 Å². The van der Waals surface area contributed by atoms with E-state index in [0.717, 1.165) is 26.9 Å². The summed E-state index contributed by atoms with van der Waals surface area (Å²) in [5.41, 5.74) is 7.19. The van der Waals surface area contributed by atoms with E-state index in [1.807, 2.05) is 6.07 Å². The Hall–Kier alpha value is -3.65. The first-order chi connectivity index (χ1) is 15.2. The monoisotopic (exact) mass is 434 g/mol. The van der Waals surface area contributed by atoms with Gasteiger partial charge in [0.15, 0.2) is 17.3 Å². The Balaban J connectivity index is 1.68. The van der Waals surface area contributed by atoms with Gasteiger partial charge in [0.2, 0.25) is 5.75 Å². The van der Waals surface area contributed by atoms with Crippen molar-refractivity contribution in [1.29, 1.82) is 0 Å². The van der Waals surface area contributed by atoms with Crippen LogP contribution in [0.1, 0.15) is 11.1 Å². The van der Waals surface area contributed by atoms with Crippen LogP contribution in [-0.4, -0.2) is 37.5 Å². The Morgan fingerprint density at radius 1 is 0.935 bits per heavy atom. The van der Waals surface area contributed by atoms with E-state index in [9.17, 15) is 0 Å². The Morgan fingerprint density at radius 2 is 1.71 bits per heavy atom. The molecule has 0 saturated heterocycles. The first-order valence-corrected chi connectivity index (χ1v) is 10.4. The summed E-state index contributed by atoms with van der Waals surface area (Å²) in [5.74, 6) is 2.27. The topological polar surface area (TPSA) is 77.9 Å². The van der Waals surface area contributed by atoms with Gasteiger partial charge in [-0.05, 0) is 24.6 Å². The molecule has 0 spiro atoms. The van der Waals surface area contributed by atoms with Crippen LogP contribution < -0.4 is 19.6 Å². The molecule has 0 unspecified atom stereocenters. The van der Waals surface area contributed by atoms with Crippen LogP contribution in [0.3, 0.4) is 0 Å². The molecular formula is C23H22N4O3S. The number of benzene rings is 2. The molecular weight excluding hydrogens is 412 g/mol. The number of hydrogen-bond acceptors (Lipinski definition) is 8. The van der Waals surface area contributed by atoms with Crippen molar-refractivity contribution in [1.82, 2.24) is 9.97 Å². The molecule has 0 amide bonds. The van der Waals surface area contributed by atoms with E-state index >= 15 is 0 Å². The number of rotatable bonds is 7. The van der Waals surface area contributed by atoms with Gasteiger partial charge in [0.25, 0.3) is 0 Å². The third kappa shape index (κ3) is 4.02. The molecule has 0 saturated carbocycles. The van der Waals surface area contributed by atoms with E-state index in [1.54, 1.807) is 44.9 Å². The lowest BCUT2D eigenvalue weighted by Crippen LogP contribution is -2.00. The van der Waals surface area contributed by atoms with Crippen LogP contribution in [0.2, 0.25) is 0 Å². The molecule has 2 aromatic carbocycles. The minimum atomic E-state index is 0.512. The van der Waals surface area contributed by atoms with E-state index in [1.165, 1.54) is 11.9 Å². The zero-order chi connectivity index (χ0) is 21.8. The molecule has 0 radical (unpaired) electrons. The number of aryl methyl sites for hydroxylation is 1. The van der Waals surface area contributed by atoms with E-state index in [-0.39, 0.29) is 0 Å². The molecule has 0 bridgehead atoms. The number of methoxy groups -OCH3 is 3. The van der Waals surface area contributed by atoms with Crippen LogP contribution in [0.5, 0.6) is 17.2 Å². The van der Waals surface area contributed by atoms with Gasteiger partial charge >= 0.3 is 0 Å². The predicted octanol–water partition coefficient (Wildman–Crippen LogP) is 5.14. The van der Waals surface area contributed by atoms with Crippen molar-refractivity contribution in [3.63, 3.8) is 0 Å². The molecule has 31 heavy (non-hydrogen) atoms. The van der Waals surface area contributed by atoms with Gasteiger partial charge < -0.3 is 14.2 Å². The highest BCUT2D eigenvalue weighted by Crippen LogP contribution is 2.39. The normalized spacial score (nSPS) is 11.1. The third-order valence-corrected chi connectivity index (χ3v) is 5.73. The maximum atomic E-state index is 5.51. The van der Waals surface area contributed by atoms with Crippen molar-refractivity contribution in [3.05, 3.63) is 59.2 Å². The van der Waals surface area contributed by atoms with E-state index in [4.69, 9.17) is 14.2 Å². The highest BCUT2D eigenvalue weighted by molar-refractivity contribution is 7.17. The fourth-order valence-electron chi connectivity index (χ4n) is 3.29. The molecule has 4 aromatic rings. The van der Waals surface area contributed by atoms with Crippen molar-refractivity contribution < 1.29 is 14.2 Å². The summed E-state index contributed by atoms with van der Waals surface area (Å²) in [6.07, 6.45) is 3.19. The van der Waals surface area contributed by atoms with Gasteiger partial charge in [-0.1, -0.05) is 29.8 Å². The lowest BCUT2D eigenvalue weighted by Gasteiger charge is -2.13. The molecule has 0 aliphatic heterocycles. The lowest BCUT2D eigenvalue weighted by atomic mass is 10.0. The Labute approximate surface area is 184 Å². The van der Waals surface area contributed by atoms with Gasteiger partial charge in [0.1, 0.15) is 11.2 Å². The van der Waals surface area contributed by atoms with Crippen LogP contribution in [-0.2, 0) is 0 Å². The zero-order valence-electron chi connectivity index (χ0n) is 17.7. The molecule has 158 valence electrons. The summed E-state index contributed by atoms with van der Waals surface area (Å²) in [4.78, 5) is 9.71. The van der Waals surface area contributed by atoms with Crippen LogP contribution in [0.4, 0.5) is 5.82 Å². The minimum absolute atomic E-state index is 0.512. The standard InChI is InChI=1S/C23H22N4O3S/c1-14-5-7-15(8-6-14)17-12-31-23-19(17)22(24-13-25-23)27-26-11-16-9-10-18(28-2)21(30-4)20(16)29-3/h5-13H,1-4H3,(H,24,25,27)/b26-11+. The largest absolute Gasteiger partial charge is 0.493 e.